The van der Waals surface area contributed by atoms with Crippen LogP contribution in [0, 0.1) is 5.41 Å². The predicted molar refractivity (Wildman–Crippen MR) is 68.1 cm³/mol. The average Bonchev–Trinajstić information content (AvgIpc) is 2.71. The minimum Gasteiger partial charge on any atom is -0.504 e. The highest BCUT2D eigenvalue weighted by atomic mass is 16.3. The number of nitrogens with one attached hydrogen (secondary N) is 1. The molecule has 0 atom stereocenters. The van der Waals surface area contributed by atoms with Gasteiger partial charge in [-0.25, -0.2) is 0 Å². The van der Waals surface area contributed by atoms with Crippen molar-refractivity contribution in [1.29, 1.82) is 0 Å². The van der Waals surface area contributed by atoms with E-state index in [4.69, 9.17) is 0 Å². The lowest BCUT2D eigenvalue weighted by Gasteiger charge is -2.23. The lowest BCUT2D eigenvalue weighted by Crippen LogP contribution is -2.29. The highest BCUT2D eigenvalue weighted by molar-refractivity contribution is 5.40. The molecule has 3 heteroatoms. The van der Waals surface area contributed by atoms with Gasteiger partial charge in [-0.15, -0.1) is 0 Å². The Morgan fingerprint density at radius 3 is 2.53 bits per heavy atom. The van der Waals surface area contributed by atoms with E-state index in [0.717, 1.165) is 18.7 Å². The largest absolute Gasteiger partial charge is 0.504 e. The molecule has 1 aromatic carbocycles. The number of rotatable bonds is 4. The van der Waals surface area contributed by atoms with Gasteiger partial charge in [0.2, 0.25) is 0 Å². The van der Waals surface area contributed by atoms with Crippen LogP contribution in [0.2, 0.25) is 0 Å². The molecule has 3 N–H and O–H groups in total. The Morgan fingerprint density at radius 1 is 1.18 bits per heavy atom. The quantitative estimate of drug-likeness (QED) is 0.703. The first-order valence-corrected chi connectivity index (χ1v) is 6.31. The first kappa shape index (κ1) is 12.2. The summed E-state index contributed by atoms with van der Waals surface area (Å²) in [5, 5.41) is 22.0. The highest BCUT2D eigenvalue weighted by Gasteiger charge is 2.27. The van der Waals surface area contributed by atoms with Crippen LogP contribution in [0.3, 0.4) is 0 Å². The maximum absolute atomic E-state index is 9.38. The third-order valence-electron chi connectivity index (χ3n) is 3.73. The van der Waals surface area contributed by atoms with Crippen LogP contribution in [0.15, 0.2) is 18.2 Å². The van der Waals surface area contributed by atoms with Gasteiger partial charge in [-0.2, -0.15) is 0 Å². The van der Waals surface area contributed by atoms with Gasteiger partial charge in [0.05, 0.1) is 0 Å². The molecule has 1 fully saturated rings. The number of hydrogen-bond donors (Lipinski definition) is 3. The summed E-state index contributed by atoms with van der Waals surface area (Å²) in [5.74, 6) is -0.104. The van der Waals surface area contributed by atoms with Gasteiger partial charge < -0.3 is 15.5 Å². The molecule has 0 aliphatic heterocycles. The zero-order valence-corrected chi connectivity index (χ0v) is 10.4. The molecule has 17 heavy (non-hydrogen) atoms. The van der Waals surface area contributed by atoms with E-state index in [9.17, 15) is 10.2 Å². The molecule has 3 nitrogen and oxygen atoms in total. The second-order valence-corrected chi connectivity index (χ2v) is 5.44. The fourth-order valence-electron chi connectivity index (χ4n) is 2.59. The fourth-order valence-corrected chi connectivity index (χ4v) is 2.59. The molecule has 0 bridgehead atoms. The second kappa shape index (κ2) is 4.96. The normalized spacial score (nSPS) is 18.4. The Balaban J connectivity index is 1.83. The number of benzene rings is 1. The average molecular weight is 235 g/mol. The van der Waals surface area contributed by atoms with Gasteiger partial charge in [-0.1, -0.05) is 25.8 Å². The number of phenols is 2. The van der Waals surface area contributed by atoms with Crippen molar-refractivity contribution in [3.63, 3.8) is 0 Å². The lowest BCUT2D eigenvalue weighted by molar-refractivity contribution is 0.314. The molecular weight excluding hydrogens is 214 g/mol. The van der Waals surface area contributed by atoms with Gasteiger partial charge in [0, 0.05) is 13.1 Å². The molecule has 94 valence electrons. The molecule has 1 aliphatic carbocycles. The summed E-state index contributed by atoms with van der Waals surface area (Å²) in [6, 6.07) is 4.97. The predicted octanol–water partition coefficient (Wildman–Crippen LogP) is 2.77. The van der Waals surface area contributed by atoms with Gasteiger partial charge in [0.1, 0.15) is 0 Å². The highest BCUT2D eigenvalue weighted by Crippen LogP contribution is 2.36. The van der Waals surface area contributed by atoms with E-state index in [1.807, 2.05) is 6.07 Å². The van der Waals surface area contributed by atoms with E-state index in [0.29, 0.717) is 5.41 Å². The molecule has 0 radical (unpaired) electrons. The van der Waals surface area contributed by atoms with Crippen LogP contribution < -0.4 is 5.32 Å². The smallest absolute Gasteiger partial charge is 0.157 e. The van der Waals surface area contributed by atoms with E-state index in [-0.39, 0.29) is 11.5 Å². The van der Waals surface area contributed by atoms with Gasteiger partial charge >= 0.3 is 0 Å². The van der Waals surface area contributed by atoms with Crippen LogP contribution in [0.5, 0.6) is 11.5 Å². The minimum atomic E-state index is -0.0588. The molecule has 0 amide bonds. The maximum Gasteiger partial charge on any atom is 0.157 e. The van der Waals surface area contributed by atoms with E-state index in [1.54, 1.807) is 6.07 Å². The summed E-state index contributed by atoms with van der Waals surface area (Å²) in [5.41, 5.74) is 1.45. The van der Waals surface area contributed by atoms with Gasteiger partial charge in [0.15, 0.2) is 11.5 Å². The summed E-state index contributed by atoms with van der Waals surface area (Å²) >= 11 is 0. The third-order valence-corrected chi connectivity index (χ3v) is 3.73. The Bertz CT molecular complexity index is 384. The van der Waals surface area contributed by atoms with E-state index >= 15 is 0 Å². The molecule has 0 spiro atoms. The lowest BCUT2D eigenvalue weighted by atomic mass is 9.89. The second-order valence-electron chi connectivity index (χ2n) is 5.44. The van der Waals surface area contributed by atoms with Crippen LogP contribution in [0.1, 0.15) is 38.2 Å². The van der Waals surface area contributed by atoms with Crippen LogP contribution >= 0.6 is 0 Å². The molecule has 0 heterocycles. The fraction of sp³-hybridized carbons (Fsp3) is 0.571. The summed E-state index contributed by atoms with van der Waals surface area (Å²) in [6.07, 6.45) is 5.30. The Labute approximate surface area is 102 Å². The summed E-state index contributed by atoms with van der Waals surface area (Å²) in [6.45, 7) is 4.10. The van der Waals surface area contributed by atoms with Crippen molar-refractivity contribution in [2.24, 2.45) is 5.41 Å². The van der Waals surface area contributed by atoms with Gasteiger partial charge in [-0.05, 0) is 36.0 Å². The van der Waals surface area contributed by atoms with Crippen molar-refractivity contribution in [1.82, 2.24) is 5.32 Å². The van der Waals surface area contributed by atoms with Crippen LogP contribution in [0.4, 0.5) is 0 Å². The molecular formula is C14H21NO2. The first-order chi connectivity index (χ1) is 8.09. The molecule has 0 aromatic heterocycles. The van der Waals surface area contributed by atoms with Crippen LogP contribution in [-0.2, 0) is 6.54 Å². The Hall–Kier alpha value is -1.22. The van der Waals surface area contributed by atoms with Gasteiger partial charge in [-0.3, -0.25) is 0 Å². The minimum absolute atomic E-state index is 0.0450. The maximum atomic E-state index is 9.38. The van der Waals surface area contributed by atoms with E-state index < -0.39 is 0 Å². The van der Waals surface area contributed by atoms with Crippen molar-refractivity contribution in [2.75, 3.05) is 6.54 Å². The van der Waals surface area contributed by atoms with E-state index in [1.165, 1.54) is 31.7 Å². The Kier molecular flexibility index (Phi) is 3.57. The zero-order chi connectivity index (χ0) is 12.3. The summed E-state index contributed by atoms with van der Waals surface area (Å²) < 4.78 is 0. The zero-order valence-electron chi connectivity index (χ0n) is 10.4. The van der Waals surface area contributed by atoms with Crippen molar-refractivity contribution in [3.8, 4) is 11.5 Å². The number of hydrogen-bond acceptors (Lipinski definition) is 3. The molecule has 0 saturated heterocycles. The number of phenolic OH excluding ortho intramolecular Hbond substituents is 2. The summed E-state index contributed by atoms with van der Waals surface area (Å²) in [4.78, 5) is 0. The topological polar surface area (TPSA) is 52.5 Å². The monoisotopic (exact) mass is 235 g/mol. The van der Waals surface area contributed by atoms with Crippen molar-refractivity contribution < 1.29 is 10.2 Å². The Morgan fingerprint density at radius 2 is 1.88 bits per heavy atom. The SMILES string of the molecule is CC1(CNCc2ccc(O)c(O)c2)CCCC1. The van der Waals surface area contributed by atoms with Crippen molar-refractivity contribution in [3.05, 3.63) is 23.8 Å². The van der Waals surface area contributed by atoms with Crippen LogP contribution in [0.25, 0.3) is 0 Å². The molecule has 1 saturated carbocycles. The third kappa shape index (κ3) is 3.13. The van der Waals surface area contributed by atoms with Gasteiger partial charge in [0.25, 0.3) is 0 Å². The molecule has 1 aliphatic rings. The van der Waals surface area contributed by atoms with Crippen molar-refractivity contribution >= 4 is 0 Å². The van der Waals surface area contributed by atoms with E-state index in [2.05, 4.69) is 12.2 Å². The first-order valence-electron chi connectivity index (χ1n) is 6.31. The summed E-state index contributed by atoms with van der Waals surface area (Å²) in [7, 11) is 0. The van der Waals surface area contributed by atoms with Crippen molar-refractivity contribution in [2.45, 2.75) is 39.2 Å². The molecule has 2 rings (SSSR count). The standard InChI is InChI=1S/C14H21NO2/c1-14(6-2-3-7-14)10-15-9-11-4-5-12(16)13(17)8-11/h4-5,8,15-17H,2-3,6-7,9-10H2,1H3. The molecule has 0 unspecified atom stereocenters. The number of aromatic hydroxyl groups is 2. The molecule has 1 aromatic rings. The van der Waals surface area contributed by atoms with Crippen LogP contribution in [-0.4, -0.2) is 16.8 Å².